The molecule has 32 heavy (non-hydrogen) atoms. The molecule has 0 saturated heterocycles. The van der Waals surface area contributed by atoms with E-state index in [4.69, 9.17) is 4.74 Å². The Kier molecular flexibility index (Phi) is 7.85. The molecule has 0 atom stereocenters. The van der Waals surface area contributed by atoms with E-state index in [1.807, 2.05) is 0 Å². The quantitative estimate of drug-likeness (QED) is 0.427. The van der Waals surface area contributed by atoms with E-state index in [1.54, 1.807) is 23.6 Å². The highest BCUT2D eigenvalue weighted by Gasteiger charge is 2.18. The average Bonchev–Trinajstić information content (AvgIpc) is 3.22. The minimum atomic E-state index is -3.81. The van der Waals surface area contributed by atoms with Crippen LogP contribution in [-0.4, -0.2) is 46.2 Å². The van der Waals surface area contributed by atoms with Crippen molar-refractivity contribution in [2.75, 3.05) is 25.6 Å². The molecular weight excluding hydrogens is 464 g/mol. The van der Waals surface area contributed by atoms with Gasteiger partial charge in [0.1, 0.15) is 5.75 Å². The largest absolute Gasteiger partial charge is 0.434 e. The fourth-order valence-corrected chi connectivity index (χ4v) is 4.43. The van der Waals surface area contributed by atoms with Gasteiger partial charge in [0, 0.05) is 30.2 Å². The zero-order chi connectivity index (χ0) is 23.1. The predicted octanol–water partition coefficient (Wildman–Crippen LogP) is 3.59. The molecule has 0 radical (unpaired) electrons. The highest BCUT2D eigenvalue weighted by Crippen LogP contribution is 2.33. The van der Waals surface area contributed by atoms with E-state index in [1.165, 1.54) is 37.4 Å². The second-order valence-electron chi connectivity index (χ2n) is 6.29. The van der Waals surface area contributed by atoms with Crippen LogP contribution in [-0.2, 0) is 14.8 Å². The number of benzene rings is 2. The van der Waals surface area contributed by atoms with Crippen molar-refractivity contribution in [2.45, 2.75) is 11.5 Å². The van der Waals surface area contributed by atoms with E-state index in [2.05, 4.69) is 19.8 Å². The zero-order valence-electron chi connectivity index (χ0n) is 16.7. The fourth-order valence-electron chi connectivity index (χ4n) is 2.67. The van der Waals surface area contributed by atoms with Crippen molar-refractivity contribution in [3.63, 3.8) is 0 Å². The van der Waals surface area contributed by atoms with Crippen molar-refractivity contribution in [1.82, 2.24) is 9.71 Å². The van der Waals surface area contributed by atoms with Gasteiger partial charge in [-0.15, -0.1) is 11.3 Å². The number of carbonyl (C=O) groups excluding carboxylic acids is 1. The number of hydrogen-bond donors (Lipinski definition) is 2. The first kappa shape index (κ1) is 23.7. The lowest BCUT2D eigenvalue weighted by atomic mass is 10.1. The lowest BCUT2D eigenvalue weighted by molar-refractivity contribution is -0.0494. The van der Waals surface area contributed by atoms with Crippen LogP contribution in [0.3, 0.4) is 0 Å². The number of para-hydroxylation sites is 1. The van der Waals surface area contributed by atoms with Crippen molar-refractivity contribution in [3.8, 4) is 17.0 Å². The second kappa shape index (κ2) is 10.6. The summed E-state index contributed by atoms with van der Waals surface area (Å²) in [5.41, 5.74) is 0.804. The van der Waals surface area contributed by atoms with Gasteiger partial charge in [0.05, 0.1) is 17.2 Å². The molecule has 2 aromatic carbocycles. The summed E-state index contributed by atoms with van der Waals surface area (Å²) in [4.78, 5) is 16.8. The van der Waals surface area contributed by atoms with Crippen molar-refractivity contribution >= 4 is 32.4 Å². The van der Waals surface area contributed by atoms with E-state index < -0.39 is 22.5 Å². The van der Waals surface area contributed by atoms with Crippen molar-refractivity contribution in [1.29, 1.82) is 0 Å². The third-order valence-corrected chi connectivity index (χ3v) is 6.32. The first-order valence-electron chi connectivity index (χ1n) is 9.20. The Morgan fingerprint density at radius 3 is 2.72 bits per heavy atom. The van der Waals surface area contributed by atoms with Crippen molar-refractivity contribution in [2.24, 2.45) is 0 Å². The molecule has 0 aliphatic carbocycles. The van der Waals surface area contributed by atoms with Crippen LogP contribution in [0.25, 0.3) is 11.3 Å². The Balaban J connectivity index is 1.75. The molecule has 1 heterocycles. The van der Waals surface area contributed by atoms with E-state index in [0.717, 1.165) is 11.3 Å². The number of nitrogens with zero attached hydrogens (tertiary/aromatic N) is 1. The van der Waals surface area contributed by atoms with Gasteiger partial charge >= 0.3 is 6.61 Å². The van der Waals surface area contributed by atoms with Gasteiger partial charge in [-0.25, -0.2) is 18.1 Å². The number of nitrogens with one attached hydrogen (secondary N) is 2. The maximum Gasteiger partial charge on any atom is 0.387 e. The van der Waals surface area contributed by atoms with Gasteiger partial charge in [0.25, 0.3) is 5.91 Å². The van der Waals surface area contributed by atoms with Crippen LogP contribution >= 0.6 is 11.3 Å². The average molecular weight is 484 g/mol. The number of ether oxygens (including phenoxy) is 2. The predicted molar refractivity (Wildman–Crippen MR) is 116 cm³/mol. The molecule has 0 aliphatic rings. The number of aromatic nitrogens is 1. The summed E-state index contributed by atoms with van der Waals surface area (Å²) in [6, 6.07) is 11.7. The van der Waals surface area contributed by atoms with Gasteiger partial charge in [-0.2, -0.15) is 8.78 Å². The molecule has 0 saturated carbocycles. The third-order valence-electron chi connectivity index (χ3n) is 4.11. The highest BCUT2D eigenvalue weighted by molar-refractivity contribution is 7.89. The molecule has 0 aliphatic heterocycles. The minimum Gasteiger partial charge on any atom is -0.434 e. The lowest BCUT2D eigenvalue weighted by Crippen LogP contribution is -2.27. The Hall–Kier alpha value is -2.93. The van der Waals surface area contributed by atoms with Gasteiger partial charge in [-0.3, -0.25) is 10.1 Å². The standard InChI is InChI=1S/C20H19F2N3O5S2/c1-29-10-9-23-32(27,28)14-6-4-5-13(11-14)18(26)25-20-24-16(12-31-20)15-7-2-3-8-17(15)30-19(21)22/h2-8,11-12,19,23H,9-10H2,1H3,(H,24,25,26). The van der Waals surface area contributed by atoms with Gasteiger partial charge in [-0.1, -0.05) is 18.2 Å². The van der Waals surface area contributed by atoms with Crippen LogP contribution in [0.5, 0.6) is 5.75 Å². The summed E-state index contributed by atoms with van der Waals surface area (Å²) < 4.78 is 61.6. The van der Waals surface area contributed by atoms with Crippen LogP contribution in [0, 0.1) is 0 Å². The smallest absolute Gasteiger partial charge is 0.387 e. The number of methoxy groups -OCH3 is 1. The van der Waals surface area contributed by atoms with Crippen LogP contribution in [0.15, 0.2) is 58.8 Å². The molecule has 12 heteroatoms. The summed E-state index contributed by atoms with van der Waals surface area (Å²) in [7, 11) is -2.35. The Morgan fingerprint density at radius 1 is 1.19 bits per heavy atom. The SMILES string of the molecule is COCCNS(=O)(=O)c1cccc(C(=O)Nc2nc(-c3ccccc3OC(F)F)cs2)c1. The normalized spacial score (nSPS) is 11.5. The zero-order valence-corrected chi connectivity index (χ0v) is 18.4. The van der Waals surface area contributed by atoms with E-state index in [9.17, 15) is 22.0 Å². The van der Waals surface area contributed by atoms with Gasteiger partial charge in [0.2, 0.25) is 10.0 Å². The lowest BCUT2D eigenvalue weighted by Gasteiger charge is -2.09. The van der Waals surface area contributed by atoms with Gasteiger partial charge < -0.3 is 9.47 Å². The number of alkyl halides is 2. The molecule has 0 fully saturated rings. The van der Waals surface area contributed by atoms with Crippen molar-refractivity contribution < 1.29 is 31.5 Å². The molecule has 170 valence electrons. The topological polar surface area (TPSA) is 107 Å². The number of hydrogen-bond acceptors (Lipinski definition) is 7. The number of sulfonamides is 1. The molecule has 3 rings (SSSR count). The molecular formula is C20H19F2N3O5S2. The Morgan fingerprint density at radius 2 is 1.97 bits per heavy atom. The second-order valence-corrected chi connectivity index (χ2v) is 8.91. The number of amides is 1. The summed E-state index contributed by atoms with van der Waals surface area (Å²) in [5.74, 6) is -0.610. The molecule has 0 bridgehead atoms. The number of thiazole rings is 1. The molecule has 1 amide bonds. The number of anilines is 1. The van der Waals surface area contributed by atoms with Crippen LogP contribution in [0.4, 0.5) is 13.9 Å². The molecule has 0 unspecified atom stereocenters. The Labute approximate surface area is 187 Å². The van der Waals surface area contributed by atoms with Crippen LogP contribution < -0.4 is 14.8 Å². The van der Waals surface area contributed by atoms with Crippen molar-refractivity contribution in [3.05, 3.63) is 59.5 Å². The molecule has 8 nitrogen and oxygen atoms in total. The molecule has 1 aromatic heterocycles. The summed E-state index contributed by atoms with van der Waals surface area (Å²) >= 11 is 1.09. The maximum atomic E-state index is 12.6. The fraction of sp³-hybridized carbons (Fsp3) is 0.200. The summed E-state index contributed by atoms with van der Waals surface area (Å²) in [6.45, 7) is -2.69. The molecule has 0 spiro atoms. The number of carbonyl (C=O) groups is 1. The Bertz CT molecular complexity index is 1190. The van der Waals surface area contributed by atoms with E-state index >= 15 is 0 Å². The van der Waals surface area contributed by atoms with E-state index in [-0.39, 0.29) is 34.5 Å². The highest BCUT2D eigenvalue weighted by atomic mass is 32.2. The first-order valence-corrected chi connectivity index (χ1v) is 11.6. The minimum absolute atomic E-state index is 0.0374. The number of halogens is 2. The maximum absolute atomic E-state index is 12.6. The first-order chi connectivity index (χ1) is 15.3. The summed E-state index contributed by atoms with van der Waals surface area (Å²) in [6.07, 6.45) is 0. The monoisotopic (exact) mass is 483 g/mol. The van der Waals surface area contributed by atoms with E-state index in [0.29, 0.717) is 11.3 Å². The third kappa shape index (κ3) is 6.07. The number of rotatable bonds is 10. The van der Waals surface area contributed by atoms with Gasteiger partial charge in [0.15, 0.2) is 5.13 Å². The summed E-state index contributed by atoms with van der Waals surface area (Å²) in [5, 5.41) is 4.38. The van der Waals surface area contributed by atoms with Crippen LogP contribution in [0.2, 0.25) is 0 Å². The van der Waals surface area contributed by atoms with Crippen LogP contribution in [0.1, 0.15) is 10.4 Å². The molecule has 2 N–H and O–H groups in total. The van der Waals surface area contributed by atoms with Gasteiger partial charge in [-0.05, 0) is 30.3 Å². The molecule has 3 aromatic rings.